The molecule has 0 saturated heterocycles. The van der Waals surface area contributed by atoms with Crippen LogP contribution in [0.15, 0.2) is 66.7 Å². The first-order valence-corrected chi connectivity index (χ1v) is 9.69. The number of methoxy groups -OCH3 is 1. The zero-order chi connectivity index (χ0) is 20.9. The molecule has 3 rings (SSSR count). The lowest BCUT2D eigenvalue weighted by Gasteiger charge is -2.25. The molecule has 0 amide bonds. The standard InChI is InChI=1S/C24H24ClFO3/c1-24(2,18-7-12-23(27-3)22(25)14-18)16-28-15-17-5-4-6-21(13-17)29-20-10-8-19(26)9-11-20/h4-14H,15-16H2,1-3H3. The number of halogens is 2. The van der Waals surface area contributed by atoms with Crippen molar-refractivity contribution < 1.29 is 18.6 Å². The Morgan fingerprint density at radius 1 is 0.931 bits per heavy atom. The maximum absolute atomic E-state index is 13.0. The second-order valence-electron chi connectivity index (χ2n) is 7.43. The van der Waals surface area contributed by atoms with Gasteiger partial charge in [0.2, 0.25) is 0 Å². The summed E-state index contributed by atoms with van der Waals surface area (Å²) in [5.41, 5.74) is 1.86. The quantitative estimate of drug-likeness (QED) is 0.407. The van der Waals surface area contributed by atoms with Gasteiger partial charge in [0, 0.05) is 5.41 Å². The van der Waals surface area contributed by atoms with E-state index in [2.05, 4.69) is 13.8 Å². The lowest BCUT2D eigenvalue weighted by molar-refractivity contribution is 0.0824. The van der Waals surface area contributed by atoms with E-state index < -0.39 is 0 Å². The van der Waals surface area contributed by atoms with Crippen LogP contribution in [0.1, 0.15) is 25.0 Å². The normalized spacial score (nSPS) is 11.3. The van der Waals surface area contributed by atoms with Crippen LogP contribution in [-0.4, -0.2) is 13.7 Å². The molecule has 152 valence electrons. The van der Waals surface area contributed by atoms with Gasteiger partial charge in [-0.1, -0.05) is 43.6 Å². The Balaban J connectivity index is 1.59. The van der Waals surface area contributed by atoms with E-state index in [-0.39, 0.29) is 11.2 Å². The first-order chi connectivity index (χ1) is 13.9. The molecule has 0 N–H and O–H groups in total. The number of benzene rings is 3. The van der Waals surface area contributed by atoms with E-state index in [4.69, 9.17) is 25.8 Å². The highest BCUT2D eigenvalue weighted by Crippen LogP contribution is 2.32. The average molecular weight is 415 g/mol. The lowest BCUT2D eigenvalue weighted by Crippen LogP contribution is -2.24. The highest BCUT2D eigenvalue weighted by atomic mass is 35.5. The summed E-state index contributed by atoms with van der Waals surface area (Å²) < 4.78 is 30.0. The van der Waals surface area contributed by atoms with Crippen LogP contribution in [0.25, 0.3) is 0 Å². The minimum absolute atomic E-state index is 0.210. The Kier molecular flexibility index (Phi) is 6.78. The number of ether oxygens (including phenoxy) is 3. The molecule has 0 aliphatic carbocycles. The summed E-state index contributed by atoms with van der Waals surface area (Å²) in [4.78, 5) is 0. The molecule has 3 aromatic carbocycles. The Morgan fingerprint density at radius 2 is 1.69 bits per heavy atom. The van der Waals surface area contributed by atoms with Crippen LogP contribution in [0.5, 0.6) is 17.2 Å². The third-order valence-corrected chi connectivity index (χ3v) is 4.91. The van der Waals surface area contributed by atoms with Gasteiger partial charge in [0.25, 0.3) is 0 Å². The molecule has 0 radical (unpaired) electrons. The van der Waals surface area contributed by atoms with Gasteiger partial charge < -0.3 is 14.2 Å². The molecule has 3 nitrogen and oxygen atoms in total. The van der Waals surface area contributed by atoms with E-state index in [0.29, 0.717) is 35.5 Å². The molecule has 0 spiro atoms. The zero-order valence-electron chi connectivity index (χ0n) is 16.7. The van der Waals surface area contributed by atoms with Gasteiger partial charge in [-0.2, -0.15) is 0 Å². The molecule has 0 aromatic heterocycles. The largest absolute Gasteiger partial charge is 0.495 e. The van der Waals surface area contributed by atoms with Crippen LogP contribution in [0.2, 0.25) is 5.02 Å². The van der Waals surface area contributed by atoms with E-state index >= 15 is 0 Å². The van der Waals surface area contributed by atoms with Gasteiger partial charge >= 0.3 is 0 Å². The smallest absolute Gasteiger partial charge is 0.137 e. The summed E-state index contributed by atoms with van der Waals surface area (Å²) in [5.74, 6) is 1.63. The molecule has 5 heteroatoms. The van der Waals surface area contributed by atoms with Gasteiger partial charge in [-0.05, 0) is 59.7 Å². The Labute approximate surface area is 176 Å². The Bertz CT molecular complexity index is 955. The fraction of sp³-hybridized carbons (Fsp3) is 0.250. The summed E-state index contributed by atoms with van der Waals surface area (Å²) in [6.07, 6.45) is 0. The molecule has 3 aromatic rings. The third-order valence-electron chi connectivity index (χ3n) is 4.61. The lowest BCUT2D eigenvalue weighted by atomic mass is 9.85. The molecule has 0 saturated carbocycles. The topological polar surface area (TPSA) is 27.7 Å². The van der Waals surface area contributed by atoms with Gasteiger partial charge in [0.1, 0.15) is 23.1 Å². The van der Waals surface area contributed by atoms with E-state index in [0.717, 1.165) is 11.1 Å². The van der Waals surface area contributed by atoms with Crippen molar-refractivity contribution in [3.8, 4) is 17.2 Å². The van der Waals surface area contributed by atoms with Crippen molar-refractivity contribution in [1.82, 2.24) is 0 Å². The molecule has 0 aliphatic heterocycles. The molecule has 0 fully saturated rings. The SMILES string of the molecule is COc1ccc(C(C)(C)COCc2cccc(Oc3ccc(F)cc3)c2)cc1Cl. The second kappa shape index (κ2) is 9.29. The van der Waals surface area contributed by atoms with Gasteiger partial charge in [0.15, 0.2) is 0 Å². The summed E-state index contributed by atoms with van der Waals surface area (Å²) in [5, 5.41) is 0.587. The van der Waals surface area contributed by atoms with Crippen LogP contribution in [0, 0.1) is 5.82 Å². The Hall–Kier alpha value is -2.56. The summed E-state index contributed by atoms with van der Waals surface area (Å²) in [7, 11) is 1.60. The molecule has 0 aliphatic rings. The zero-order valence-corrected chi connectivity index (χ0v) is 17.5. The number of rotatable bonds is 8. The minimum atomic E-state index is -0.291. The predicted octanol–water partition coefficient (Wildman–Crippen LogP) is 6.77. The highest BCUT2D eigenvalue weighted by Gasteiger charge is 2.22. The predicted molar refractivity (Wildman–Crippen MR) is 114 cm³/mol. The molecule has 0 bridgehead atoms. The molecular formula is C24H24ClFO3. The van der Waals surface area contributed by atoms with E-state index in [1.165, 1.54) is 12.1 Å². The average Bonchev–Trinajstić information content (AvgIpc) is 2.70. The highest BCUT2D eigenvalue weighted by molar-refractivity contribution is 6.32. The van der Waals surface area contributed by atoms with Crippen molar-refractivity contribution >= 4 is 11.6 Å². The fourth-order valence-electron chi connectivity index (χ4n) is 2.93. The molecule has 0 heterocycles. The van der Waals surface area contributed by atoms with Crippen LogP contribution < -0.4 is 9.47 Å². The number of hydrogen-bond donors (Lipinski definition) is 0. The number of hydrogen-bond acceptors (Lipinski definition) is 3. The summed E-state index contributed by atoms with van der Waals surface area (Å²) in [6, 6.07) is 19.4. The molecule has 0 atom stereocenters. The molecule has 29 heavy (non-hydrogen) atoms. The monoisotopic (exact) mass is 414 g/mol. The van der Waals surface area contributed by atoms with E-state index in [1.54, 1.807) is 19.2 Å². The van der Waals surface area contributed by atoms with Crippen molar-refractivity contribution in [2.24, 2.45) is 0 Å². The van der Waals surface area contributed by atoms with Gasteiger partial charge in [0.05, 0.1) is 25.3 Å². The third kappa shape index (κ3) is 5.72. The van der Waals surface area contributed by atoms with E-state index in [1.807, 2.05) is 42.5 Å². The van der Waals surface area contributed by atoms with Crippen LogP contribution >= 0.6 is 11.6 Å². The summed E-state index contributed by atoms with van der Waals surface area (Å²) >= 11 is 6.26. The Morgan fingerprint density at radius 3 is 2.38 bits per heavy atom. The first kappa shape index (κ1) is 21.2. The van der Waals surface area contributed by atoms with E-state index in [9.17, 15) is 4.39 Å². The van der Waals surface area contributed by atoms with Crippen molar-refractivity contribution in [3.63, 3.8) is 0 Å². The molecule has 0 unspecified atom stereocenters. The fourth-order valence-corrected chi connectivity index (χ4v) is 3.19. The minimum Gasteiger partial charge on any atom is -0.495 e. The van der Waals surface area contributed by atoms with Crippen molar-refractivity contribution in [2.75, 3.05) is 13.7 Å². The van der Waals surface area contributed by atoms with Crippen LogP contribution in [0.4, 0.5) is 4.39 Å². The van der Waals surface area contributed by atoms with Crippen LogP contribution in [-0.2, 0) is 16.8 Å². The summed E-state index contributed by atoms with van der Waals surface area (Å²) in [6.45, 7) is 5.20. The molecular weight excluding hydrogens is 391 g/mol. The first-order valence-electron chi connectivity index (χ1n) is 9.31. The van der Waals surface area contributed by atoms with Gasteiger partial charge in [-0.25, -0.2) is 4.39 Å². The second-order valence-corrected chi connectivity index (χ2v) is 7.84. The maximum Gasteiger partial charge on any atom is 0.137 e. The van der Waals surface area contributed by atoms with Crippen LogP contribution in [0.3, 0.4) is 0 Å². The van der Waals surface area contributed by atoms with Crippen molar-refractivity contribution in [1.29, 1.82) is 0 Å². The van der Waals surface area contributed by atoms with Crippen molar-refractivity contribution in [2.45, 2.75) is 25.9 Å². The maximum atomic E-state index is 13.0. The van der Waals surface area contributed by atoms with Gasteiger partial charge in [-0.15, -0.1) is 0 Å². The van der Waals surface area contributed by atoms with Gasteiger partial charge in [-0.3, -0.25) is 0 Å². The van der Waals surface area contributed by atoms with Crippen molar-refractivity contribution in [3.05, 3.63) is 88.7 Å².